The molecule has 2 fully saturated rings. The molecule has 2 rings (SSSR count). The molecule has 2 nitrogen and oxygen atoms in total. The van der Waals surface area contributed by atoms with E-state index in [4.69, 9.17) is 0 Å². The quantitative estimate of drug-likeness (QED) is 0.810. The SMILES string of the molecule is CCCC1(CN2CC(C)CC2C)CCCNC1. The third-order valence-corrected chi connectivity index (χ3v) is 4.79. The molecule has 2 heteroatoms. The summed E-state index contributed by atoms with van der Waals surface area (Å²) < 4.78 is 0. The summed E-state index contributed by atoms with van der Waals surface area (Å²) in [6.07, 6.45) is 6.94. The first-order chi connectivity index (χ1) is 8.15. The molecule has 100 valence electrons. The largest absolute Gasteiger partial charge is 0.316 e. The number of hydrogen-bond donors (Lipinski definition) is 1. The molecule has 0 aromatic carbocycles. The van der Waals surface area contributed by atoms with Gasteiger partial charge in [0, 0.05) is 25.7 Å². The third kappa shape index (κ3) is 3.23. The highest BCUT2D eigenvalue weighted by Crippen LogP contribution is 2.35. The molecule has 0 bridgehead atoms. The van der Waals surface area contributed by atoms with Crippen molar-refractivity contribution >= 4 is 0 Å². The number of likely N-dealkylation sites (tertiary alicyclic amines) is 1. The van der Waals surface area contributed by atoms with E-state index in [1.165, 1.54) is 58.3 Å². The Morgan fingerprint density at radius 3 is 2.71 bits per heavy atom. The molecule has 0 spiro atoms. The summed E-state index contributed by atoms with van der Waals surface area (Å²) in [5, 5.41) is 3.63. The standard InChI is InChI=1S/C15H30N2/c1-4-6-15(7-5-8-16-11-15)12-17-10-13(2)9-14(17)3/h13-14,16H,4-12H2,1-3H3. The van der Waals surface area contributed by atoms with Gasteiger partial charge in [0.2, 0.25) is 0 Å². The van der Waals surface area contributed by atoms with Gasteiger partial charge in [-0.05, 0) is 50.5 Å². The van der Waals surface area contributed by atoms with Crippen molar-refractivity contribution in [3.63, 3.8) is 0 Å². The lowest BCUT2D eigenvalue weighted by Gasteiger charge is -2.41. The van der Waals surface area contributed by atoms with Gasteiger partial charge in [0.05, 0.1) is 0 Å². The Labute approximate surface area is 107 Å². The van der Waals surface area contributed by atoms with Crippen LogP contribution in [-0.4, -0.2) is 37.1 Å². The molecular formula is C15H30N2. The average molecular weight is 238 g/mol. The first-order valence-corrected chi connectivity index (χ1v) is 7.60. The molecule has 0 amide bonds. The second kappa shape index (κ2) is 5.71. The van der Waals surface area contributed by atoms with E-state index in [0.717, 1.165) is 12.0 Å². The summed E-state index contributed by atoms with van der Waals surface area (Å²) >= 11 is 0. The lowest BCUT2D eigenvalue weighted by Crippen LogP contribution is -2.48. The van der Waals surface area contributed by atoms with Crippen molar-refractivity contribution in [3.05, 3.63) is 0 Å². The maximum Gasteiger partial charge on any atom is 0.00702 e. The maximum atomic E-state index is 3.63. The zero-order valence-electron chi connectivity index (χ0n) is 12.0. The molecule has 3 unspecified atom stereocenters. The average Bonchev–Trinajstić information content (AvgIpc) is 2.59. The lowest BCUT2D eigenvalue weighted by atomic mass is 9.76. The van der Waals surface area contributed by atoms with Gasteiger partial charge in [0.1, 0.15) is 0 Å². The van der Waals surface area contributed by atoms with Crippen molar-refractivity contribution in [2.45, 2.75) is 58.9 Å². The predicted octanol–water partition coefficient (Wildman–Crippen LogP) is 2.89. The van der Waals surface area contributed by atoms with Gasteiger partial charge < -0.3 is 5.32 Å². The minimum atomic E-state index is 0.575. The van der Waals surface area contributed by atoms with E-state index in [9.17, 15) is 0 Å². The maximum absolute atomic E-state index is 3.63. The minimum Gasteiger partial charge on any atom is -0.316 e. The fraction of sp³-hybridized carbons (Fsp3) is 1.00. The van der Waals surface area contributed by atoms with Crippen LogP contribution in [0.15, 0.2) is 0 Å². The van der Waals surface area contributed by atoms with Gasteiger partial charge in [-0.25, -0.2) is 0 Å². The molecule has 3 atom stereocenters. The van der Waals surface area contributed by atoms with Crippen LogP contribution < -0.4 is 5.32 Å². The van der Waals surface area contributed by atoms with Crippen molar-refractivity contribution < 1.29 is 0 Å². The normalized spacial score (nSPS) is 39.7. The van der Waals surface area contributed by atoms with Crippen molar-refractivity contribution in [1.29, 1.82) is 0 Å². The molecule has 2 heterocycles. The first-order valence-electron chi connectivity index (χ1n) is 7.60. The van der Waals surface area contributed by atoms with Crippen LogP contribution in [0.25, 0.3) is 0 Å². The fourth-order valence-corrected chi connectivity index (χ4v) is 4.03. The zero-order valence-corrected chi connectivity index (χ0v) is 12.0. The van der Waals surface area contributed by atoms with Gasteiger partial charge in [-0.3, -0.25) is 4.90 Å². The molecule has 2 saturated heterocycles. The Morgan fingerprint density at radius 1 is 1.35 bits per heavy atom. The molecule has 0 aromatic heterocycles. The lowest BCUT2D eigenvalue weighted by molar-refractivity contribution is 0.101. The third-order valence-electron chi connectivity index (χ3n) is 4.79. The van der Waals surface area contributed by atoms with E-state index in [-0.39, 0.29) is 0 Å². The minimum absolute atomic E-state index is 0.575. The number of piperidine rings is 1. The molecule has 0 aromatic rings. The summed E-state index contributed by atoms with van der Waals surface area (Å²) in [5.74, 6) is 0.903. The van der Waals surface area contributed by atoms with Crippen LogP contribution in [0.3, 0.4) is 0 Å². The molecular weight excluding hydrogens is 208 g/mol. The van der Waals surface area contributed by atoms with Crippen LogP contribution in [0, 0.1) is 11.3 Å². The van der Waals surface area contributed by atoms with Crippen LogP contribution in [-0.2, 0) is 0 Å². The van der Waals surface area contributed by atoms with E-state index in [0.29, 0.717) is 5.41 Å². The first kappa shape index (κ1) is 13.4. The van der Waals surface area contributed by atoms with Gasteiger partial charge >= 0.3 is 0 Å². The molecule has 2 aliphatic rings. The van der Waals surface area contributed by atoms with Crippen LogP contribution in [0.5, 0.6) is 0 Å². The summed E-state index contributed by atoms with van der Waals surface area (Å²) in [5.41, 5.74) is 0.575. The Balaban J connectivity index is 1.97. The number of rotatable bonds is 4. The van der Waals surface area contributed by atoms with Crippen molar-refractivity contribution in [1.82, 2.24) is 10.2 Å². The Hall–Kier alpha value is -0.0800. The van der Waals surface area contributed by atoms with Crippen LogP contribution in [0.1, 0.15) is 52.9 Å². The van der Waals surface area contributed by atoms with Crippen molar-refractivity contribution in [2.75, 3.05) is 26.2 Å². The van der Waals surface area contributed by atoms with Gasteiger partial charge in [0.15, 0.2) is 0 Å². The molecule has 2 aliphatic heterocycles. The highest BCUT2D eigenvalue weighted by molar-refractivity contribution is 4.91. The molecule has 0 radical (unpaired) electrons. The predicted molar refractivity (Wildman–Crippen MR) is 74.3 cm³/mol. The summed E-state index contributed by atoms with van der Waals surface area (Å²) in [6, 6.07) is 0.806. The van der Waals surface area contributed by atoms with Crippen LogP contribution in [0.4, 0.5) is 0 Å². The van der Waals surface area contributed by atoms with Crippen LogP contribution >= 0.6 is 0 Å². The van der Waals surface area contributed by atoms with Gasteiger partial charge in [0.25, 0.3) is 0 Å². The van der Waals surface area contributed by atoms with Crippen molar-refractivity contribution in [3.8, 4) is 0 Å². The summed E-state index contributed by atoms with van der Waals surface area (Å²) in [6.45, 7) is 12.3. The van der Waals surface area contributed by atoms with Gasteiger partial charge in [-0.1, -0.05) is 20.3 Å². The van der Waals surface area contributed by atoms with E-state index in [1.807, 2.05) is 0 Å². The van der Waals surface area contributed by atoms with E-state index >= 15 is 0 Å². The fourth-order valence-electron chi connectivity index (χ4n) is 4.03. The topological polar surface area (TPSA) is 15.3 Å². The highest BCUT2D eigenvalue weighted by atomic mass is 15.2. The summed E-state index contributed by atoms with van der Waals surface area (Å²) in [7, 11) is 0. The Bertz CT molecular complexity index is 228. The molecule has 0 aliphatic carbocycles. The second-order valence-corrected chi connectivity index (χ2v) is 6.65. The Kier molecular flexibility index (Phi) is 4.48. The van der Waals surface area contributed by atoms with Crippen molar-refractivity contribution in [2.24, 2.45) is 11.3 Å². The molecule has 1 N–H and O–H groups in total. The Morgan fingerprint density at radius 2 is 2.18 bits per heavy atom. The smallest absolute Gasteiger partial charge is 0.00702 e. The van der Waals surface area contributed by atoms with E-state index < -0.39 is 0 Å². The van der Waals surface area contributed by atoms with Crippen LogP contribution in [0.2, 0.25) is 0 Å². The monoisotopic (exact) mass is 238 g/mol. The van der Waals surface area contributed by atoms with E-state index in [1.54, 1.807) is 0 Å². The highest BCUT2D eigenvalue weighted by Gasteiger charge is 2.36. The van der Waals surface area contributed by atoms with Gasteiger partial charge in [-0.15, -0.1) is 0 Å². The summed E-state index contributed by atoms with van der Waals surface area (Å²) in [4.78, 5) is 2.76. The number of nitrogens with one attached hydrogen (secondary N) is 1. The zero-order chi connectivity index (χ0) is 12.3. The van der Waals surface area contributed by atoms with E-state index in [2.05, 4.69) is 31.0 Å². The second-order valence-electron chi connectivity index (χ2n) is 6.65. The number of nitrogens with zero attached hydrogens (tertiary/aromatic N) is 1. The number of hydrogen-bond acceptors (Lipinski definition) is 2. The molecule has 17 heavy (non-hydrogen) atoms. The van der Waals surface area contributed by atoms with Gasteiger partial charge in [-0.2, -0.15) is 0 Å². The molecule has 0 saturated carbocycles.